The summed E-state index contributed by atoms with van der Waals surface area (Å²) in [6, 6.07) is 12.8. The van der Waals surface area contributed by atoms with Gasteiger partial charge in [0, 0.05) is 19.5 Å². The lowest BCUT2D eigenvalue weighted by Gasteiger charge is -2.22. The second-order valence-corrected chi connectivity index (χ2v) is 7.57. The molecule has 0 saturated heterocycles. The Bertz CT molecular complexity index is 854. The van der Waals surface area contributed by atoms with Gasteiger partial charge in [0.2, 0.25) is 15.9 Å². The first-order valence-electron chi connectivity index (χ1n) is 7.93. The number of hydrogen-bond donors (Lipinski definition) is 1. The Balaban J connectivity index is 1.95. The quantitative estimate of drug-likeness (QED) is 0.763. The minimum atomic E-state index is -3.71. The summed E-state index contributed by atoms with van der Waals surface area (Å²) in [7, 11) is -2.14. The molecule has 0 spiro atoms. The highest BCUT2D eigenvalue weighted by atomic mass is 32.2. The molecule has 0 fully saturated rings. The maximum atomic E-state index is 13.9. The van der Waals surface area contributed by atoms with Gasteiger partial charge in [0.15, 0.2) is 0 Å². The normalized spacial score (nSPS) is 11.0. The molecule has 0 heterocycles. The first-order valence-corrected chi connectivity index (χ1v) is 9.78. The smallest absolute Gasteiger partial charge is 0.232 e. The molecule has 1 amide bonds. The molecule has 0 radical (unpaired) electrons. The van der Waals surface area contributed by atoms with Crippen molar-refractivity contribution in [3.63, 3.8) is 0 Å². The van der Waals surface area contributed by atoms with Crippen molar-refractivity contribution in [3.05, 3.63) is 59.9 Å². The summed E-state index contributed by atoms with van der Waals surface area (Å²) in [4.78, 5) is 12.0. The van der Waals surface area contributed by atoms with Crippen LogP contribution in [0.5, 0.6) is 5.75 Å². The second-order valence-electron chi connectivity index (χ2n) is 5.66. The largest absolute Gasteiger partial charge is 0.497 e. The number of ether oxygens (including phenoxy) is 1. The van der Waals surface area contributed by atoms with Crippen molar-refractivity contribution in [2.45, 2.75) is 13.0 Å². The fraction of sp³-hybridized carbons (Fsp3) is 0.278. The summed E-state index contributed by atoms with van der Waals surface area (Å²) in [5.41, 5.74) is 0.811. The van der Waals surface area contributed by atoms with E-state index in [1.807, 2.05) is 12.1 Å². The van der Waals surface area contributed by atoms with Crippen LogP contribution in [0.1, 0.15) is 12.0 Å². The van der Waals surface area contributed by atoms with Gasteiger partial charge in [-0.05, 0) is 29.8 Å². The van der Waals surface area contributed by atoms with Crippen LogP contribution >= 0.6 is 0 Å². The lowest BCUT2D eigenvalue weighted by atomic mass is 10.2. The molecule has 0 aliphatic rings. The number of nitrogens with one attached hydrogen (secondary N) is 1. The van der Waals surface area contributed by atoms with E-state index in [2.05, 4.69) is 5.32 Å². The van der Waals surface area contributed by atoms with Crippen LogP contribution < -0.4 is 14.4 Å². The van der Waals surface area contributed by atoms with E-state index in [9.17, 15) is 17.6 Å². The van der Waals surface area contributed by atoms with E-state index < -0.39 is 15.8 Å². The summed E-state index contributed by atoms with van der Waals surface area (Å²) < 4.78 is 43.8. The van der Waals surface area contributed by atoms with Crippen molar-refractivity contribution in [1.29, 1.82) is 0 Å². The van der Waals surface area contributed by atoms with Gasteiger partial charge in [0.1, 0.15) is 11.6 Å². The predicted octanol–water partition coefficient (Wildman–Crippen LogP) is 2.31. The van der Waals surface area contributed by atoms with E-state index in [-0.39, 0.29) is 24.6 Å². The standard InChI is InChI=1S/C18H21FN2O4S/c1-25-15-9-7-14(8-10-15)13-20-18(22)11-12-21(26(2,23)24)17-6-4-3-5-16(17)19/h3-10H,11-13H2,1-2H3,(H,20,22). The molecule has 0 aliphatic heterocycles. The number of nitrogens with zero attached hydrogens (tertiary/aromatic N) is 1. The Morgan fingerprint density at radius 1 is 1.15 bits per heavy atom. The minimum absolute atomic E-state index is 0.0713. The molecule has 0 aromatic heterocycles. The minimum Gasteiger partial charge on any atom is -0.497 e. The van der Waals surface area contributed by atoms with E-state index in [4.69, 9.17) is 4.74 Å². The van der Waals surface area contributed by atoms with Crippen molar-refractivity contribution in [2.24, 2.45) is 0 Å². The molecule has 26 heavy (non-hydrogen) atoms. The van der Waals surface area contributed by atoms with E-state index in [1.54, 1.807) is 25.3 Å². The lowest BCUT2D eigenvalue weighted by Crippen LogP contribution is -2.35. The lowest BCUT2D eigenvalue weighted by molar-refractivity contribution is -0.121. The third-order valence-electron chi connectivity index (χ3n) is 3.71. The van der Waals surface area contributed by atoms with Crippen LogP contribution in [0.25, 0.3) is 0 Å². The Morgan fingerprint density at radius 3 is 2.38 bits per heavy atom. The number of sulfonamides is 1. The number of rotatable bonds is 8. The molecule has 0 aliphatic carbocycles. The third kappa shape index (κ3) is 5.45. The van der Waals surface area contributed by atoms with Gasteiger partial charge in [0.05, 0.1) is 19.1 Å². The molecule has 6 nitrogen and oxygen atoms in total. The van der Waals surface area contributed by atoms with Crippen LogP contribution in [-0.2, 0) is 21.4 Å². The van der Waals surface area contributed by atoms with Crippen LogP contribution in [0.2, 0.25) is 0 Å². The number of carbonyl (C=O) groups excluding carboxylic acids is 1. The molecular formula is C18H21FN2O4S. The highest BCUT2D eigenvalue weighted by Crippen LogP contribution is 2.21. The van der Waals surface area contributed by atoms with Crippen molar-refractivity contribution < 1.29 is 22.3 Å². The van der Waals surface area contributed by atoms with E-state index >= 15 is 0 Å². The third-order valence-corrected chi connectivity index (χ3v) is 4.89. The zero-order valence-corrected chi connectivity index (χ0v) is 15.4. The van der Waals surface area contributed by atoms with Gasteiger partial charge in [0.25, 0.3) is 0 Å². The topological polar surface area (TPSA) is 75.7 Å². The van der Waals surface area contributed by atoms with Gasteiger partial charge in [-0.25, -0.2) is 12.8 Å². The molecule has 140 valence electrons. The number of carbonyl (C=O) groups is 1. The van der Waals surface area contributed by atoms with Crippen molar-refractivity contribution >= 4 is 21.6 Å². The van der Waals surface area contributed by atoms with Gasteiger partial charge in [-0.3, -0.25) is 9.10 Å². The second kappa shape index (κ2) is 8.66. The Morgan fingerprint density at radius 2 is 1.81 bits per heavy atom. The number of anilines is 1. The molecule has 2 aromatic rings. The predicted molar refractivity (Wildman–Crippen MR) is 98.0 cm³/mol. The van der Waals surface area contributed by atoms with E-state index in [1.165, 1.54) is 18.2 Å². The van der Waals surface area contributed by atoms with Crippen LogP contribution in [-0.4, -0.2) is 34.2 Å². The zero-order chi connectivity index (χ0) is 19.2. The average molecular weight is 380 g/mol. The van der Waals surface area contributed by atoms with Crippen LogP contribution in [0.15, 0.2) is 48.5 Å². The Hall–Kier alpha value is -2.61. The fourth-order valence-electron chi connectivity index (χ4n) is 2.35. The van der Waals surface area contributed by atoms with Gasteiger partial charge in [-0.1, -0.05) is 24.3 Å². The van der Waals surface area contributed by atoms with Crippen LogP contribution in [0.3, 0.4) is 0 Å². The number of benzene rings is 2. The van der Waals surface area contributed by atoms with E-state index in [0.717, 1.165) is 16.1 Å². The highest BCUT2D eigenvalue weighted by molar-refractivity contribution is 7.92. The molecule has 8 heteroatoms. The Labute approximate surface area is 152 Å². The Kier molecular flexibility index (Phi) is 6.57. The van der Waals surface area contributed by atoms with Gasteiger partial charge in [-0.15, -0.1) is 0 Å². The highest BCUT2D eigenvalue weighted by Gasteiger charge is 2.21. The molecule has 2 aromatic carbocycles. The summed E-state index contributed by atoms with van der Waals surface area (Å²) in [5, 5.41) is 2.71. The molecule has 0 unspecified atom stereocenters. The van der Waals surface area contributed by atoms with Gasteiger partial charge >= 0.3 is 0 Å². The summed E-state index contributed by atoms with van der Waals surface area (Å²) in [6.45, 7) is 0.162. The van der Waals surface area contributed by atoms with Gasteiger partial charge < -0.3 is 10.1 Å². The first-order chi connectivity index (χ1) is 12.3. The summed E-state index contributed by atoms with van der Waals surface area (Å²) >= 11 is 0. The molecule has 1 N–H and O–H groups in total. The molecule has 0 bridgehead atoms. The van der Waals surface area contributed by atoms with E-state index in [0.29, 0.717) is 12.3 Å². The maximum Gasteiger partial charge on any atom is 0.232 e. The van der Waals surface area contributed by atoms with Crippen molar-refractivity contribution in [1.82, 2.24) is 5.32 Å². The molecule has 0 saturated carbocycles. The molecule has 0 atom stereocenters. The summed E-state index contributed by atoms with van der Waals surface area (Å²) in [5.74, 6) is -0.267. The number of para-hydroxylation sites is 1. The molecule has 2 rings (SSSR count). The monoisotopic (exact) mass is 380 g/mol. The van der Waals surface area contributed by atoms with Crippen molar-refractivity contribution in [3.8, 4) is 5.75 Å². The number of hydrogen-bond acceptors (Lipinski definition) is 4. The fourth-order valence-corrected chi connectivity index (χ4v) is 3.28. The van der Waals surface area contributed by atoms with Crippen LogP contribution in [0.4, 0.5) is 10.1 Å². The first kappa shape index (κ1) is 19.7. The number of methoxy groups -OCH3 is 1. The summed E-state index contributed by atoms with van der Waals surface area (Å²) in [6.07, 6.45) is 0.895. The molecular weight excluding hydrogens is 359 g/mol. The maximum absolute atomic E-state index is 13.9. The SMILES string of the molecule is COc1ccc(CNC(=O)CCN(c2ccccc2F)S(C)(=O)=O)cc1. The average Bonchev–Trinajstić information content (AvgIpc) is 2.61. The zero-order valence-electron chi connectivity index (χ0n) is 14.6. The number of halogens is 1. The van der Waals surface area contributed by atoms with Gasteiger partial charge in [-0.2, -0.15) is 0 Å². The van der Waals surface area contributed by atoms with Crippen LogP contribution in [0, 0.1) is 5.82 Å². The number of amides is 1. The van der Waals surface area contributed by atoms with Crippen molar-refractivity contribution in [2.75, 3.05) is 24.2 Å².